The second-order valence-corrected chi connectivity index (χ2v) is 4.61. The summed E-state index contributed by atoms with van der Waals surface area (Å²) < 4.78 is 5.47. The van der Waals surface area contributed by atoms with Crippen LogP contribution in [0.15, 0.2) is 0 Å². The number of carbonyl (C=O) groups is 1. The van der Waals surface area contributed by atoms with Crippen LogP contribution in [0, 0.1) is 17.8 Å². The van der Waals surface area contributed by atoms with Crippen LogP contribution in [0.5, 0.6) is 0 Å². The number of morpholine rings is 1. The van der Waals surface area contributed by atoms with Gasteiger partial charge in [-0.2, -0.15) is 0 Å². The standard InChI is InChI=1S/C11H17NO3/c1-5-9-10(11(2,3)4)12(15-8-13)6-7-14-9/h1,8-10H,6-7H2,2-4H3. The highest BCUT2D eigenvalue weighted by Gasteiger charge is 2.41. The van der Waals surface area contributed by atoms with Gasteiger partial charge in [0.2, 0.25) is 0 Å². The molecule has 1 heterocycles. The van der Waals surface area contributed by atoms with Gasteiger partial charge in [-0.05, 0) is 5.41 Å². The van der Waals surface area contributed by atoms with E-state index >= 15 is 0 Å². The first-order valence-corrected chi connectivity index (χ1v) is 4.95. The molecule has 0 amide bonds. The molecule has 4 heteroatoms. The van der Waals surface area contributed by atoms with E-state index in [1.165, 1.54) is 0 Å². The molecule has 1 aliphatic heterocycles. The number of rotatable bonds is 2. The van der Waals surface area contributed by atoms with Crippen molar-refractivity contribution in [2.75, 3.05) is 13.2 Å². The van der Waals surface area contributed by atoms with Crippen LogP contribution in [0.25, 0.3) is 0 Å². The fourth-order valence-electron chi connectivity index (χ4n) is 1.85. The molecule has 84 valence electrons. The molecule has 0 N–H and O–H groups in total. The van der Waals surface area contributed by atoms with Crippen molar-refractivity contribution in [1.82, 2.24) is 5.06 Å². The minimum atomic E-state index is -0.335. The van der Waals surface area contributed by atoms with Crippen LogP contribution in [0.3, 0.4) is 0 Å². The lowest BCUT2D eigenvalue weighted by atomic mass is 9.82. The molecule has 0 radical (unpaired) electrons. The lowest BCUT2D eigenvalue weighted by molar-refractivity contribution is -0.235. The van der Waals surface area contributed by atoms with E-state index < -0.39 is 0 Å². The summed E-state index contributed by atoms with van der Waals surface area (Å²) in [6, 6.07) is -0.110. The number of carbonyl (C=O) groups excluding carboxylic acids is 1. The predicted molar refractivity (Wildman–Crippen MR) is 55.7 cm³/mol. The van der Waals surface area contributed by atoms with Gasteiger partial charge in [-0.15, -0.1) is 11.5 Å². The van der Waals surface area contributed by atoms with Crippen LogP contribution in [-0.2, 0) is 14.4 Å². The maximum absolute atomic E-state index is 10.4. The van der Waals surface area contributed by atoms with Gasteiger partial charge in [-0.3, -0.25) is 4.79 Å². The molecule has 0 aromatic heterocycles. The van der Waals surface area contributed by atoms with E-state index in [0.29, 0.717) is 19.6 Å². The van der Waals surface area contributed by atoms with Gasteiger partial charge < -0.3 is 9.57 Å². The fraction of sp³-hybridized carbons (Fsp3) is 0.727. The Balaban J connectivity index is 2.87. The molecule has 4 nitrogen and oxygen atoms in total. The van der Waals surface area contributed by atoms with Crippen LogP contribution in [-0.4, -0.2) is 36.8 Å². The van der Waals surface area contributed by atoms with Crippen molar-refractivity contribution in [2.24, 2.45) is 5.41 Å². The molecule has 0 aromatic rings. The highest BCUT2D eigenvalue weighted by atomic mass is 16.7. The van der Waals surface area contributed by atoms with Gasteiger partial charge in [-0.1, -0.05) is 26.7 Å². The summed E-state index contributed by atoms with van der Waals surface area (Å²) in [5.41, 5.74) is -0.111. The van der Waals surface area contributed by atoms with Crippen molar-refractivity contribution < 1.29 is 14.4 Å². The average Bonchev–Trinajstić information content (AvgIpc) is 2.16. The molecule has 1 saturated heterocycles. The number of hydrogen-bond donors (Lipinski definition) is 0. The largest absolute Gasteiger partial charge is 0.370 e. The van der Waals surface area contributed by atoms with E-state index in [0.717, 1.165) is 0 Å². The zero-order valence-electron chi connectivity index (χ0n) is 9.40. The summed E-state index contributed by atoms with van der Waals surface area (Å²) in [5, 5.41) is 1.61. The Morgan fingerprint density at radius 3 is 2.73 bits per heavy atom. The summed E-state index contributed by atoms with van der Waals surface area (Å²) in [6.07, 6.45) is 5.07. The topological polar surface area (TPSA) is 38.8 Å². The summed E-state index contributed by atoms with van der Waals surface area (Å²) >= 11 is 0. The van der Waals surface area contributed by atoms with E-state index in [9.17, 15) is 4.79 Å². The third-order valence-corrected chi connectivity index (χ3v) is 2.44. The maximum Gasteiger partial charge on any atom is 0.313 e. The van der Waals surface area contributed by atoms with Gasteiger partial charge in [0, 0.05) is 0 Å². The van der Waals surface area contributed by atoms with Gasteiger partial charge in [0.05, 0.1) is 19.2 Å². The molecule has 0 saturated carbocycles. The Bertz CT molecular complexity index is 264. The molecule has 15 heavy (non-hydrogen) atoms. The molecular formula is C11H17NO3. The van der Waals surface area contributed by atoms with Crippen molar-refractivity contribution in [3.05, 3.63) is 0 Å². The van der Waals surface area contributed by atoms with E-state index in [4.69, 9.17) is 16.0 Å². The van der Waals surface area contributed by atoms with Crippen LogP contribution >= 0.6 is 0 Å². The minimum absolute atomic E-state index is 0.110. The van der Waals surface area contributed by atoms with Gasteiger partial charge in [0.25, 0.3) is 0 Å². The van der Waals surface area contributed by atoms with E-state index in [1.54, 1.807) is 5.06 Å². The number of terminal acetylenes is 1. The van der Waals surface area contributed by atoms with E-state index in [-0.39, 0.29) is 17.6 Å². The summed E-state index contributed by atoms with van der Waals surface area (Å²) in [4.78, 5) is 15.3. The first kappa shape index (κ1) is 12.0. The molecule has 1 aliphatic rings. The fourth-order valence-corrected chi connectivity index (χ4v) is 1.85. The quantitative estimate of drug-likeness (QED) is 0.501. The Kier molecular flexibility index (Phi) is 3.72. The SMILES string of the molecule is C#CC1OCCN(OC=O)C1C(C)(C)C. The lowest BCUT2D eigenvalue weighted by Crippen LogP contribution is -2.56. The maximum atomic E-state index is 10.4. The normalized spacial score (nSPS) is 28.1. The Labute approximate surface area is 90.5 Å². The molecule has 0 bridgehead atoms. The average molecular weight is 211 g/mol. The van der Waals surface area contributed by atoms with Gasteiger partial charge >= 0.3 is 6.47 Å². The van der Waals surface area contributed by atoms with E-state index in [2.05, 4.69) is 5.92 Å². The monoisotopic (exact) mass is 211 g/mol. The Morgan fingerprint density at radius 2 is 2.27 bits per heavy atom. The molecule has 0 aliphatic carbocycles. The zero-order valence-corrected chi connectivity index (χ0v) is 9.40. The van der Waals surface area contributed by atoms with Crippen molar-refractivity contribution in [3.8, 4) is 12.3 Å². The molecule has 0 spiro atoms. The first-order chi connectivity index (χ1) is 7.00. The molecule has 2 atom stereocenters. The van der Waals surface area contributed by atoms with Gasteiger partial charge in [0.1, 0.15) is 6.10 Å². The minimum Gasteiger partial charge on any atom is -0.370 e. The summed E-state index contributed by atoms with van der Waals surface area (Å²) in [6.45, 7) is 7.58. The summed E-state index contributed by atoms with van der Waals surface area (Å²) in [5.74, 6) is 2.59. The third kappa shape index (κ3) is 2.71. The van der Waals surface area contributed by atoms with Gasteiger partial charge in [-0.25, -0.2) is 0 Å². The highest BCUT2D eigenvalue weighted by Crippen LogP contribution is 2.30. The van der Waals surface area contributed by atoms with Crippen molar-refractivity contribution in [1.29, 1.82) is 0 Å². The third-order valence-electron chi connectivity index (χ3n) is 2.44. The number of hydrogen-bond acceptors (Lipinski definition) is 4. The Morgan fingerprint density at radius 1 is 1.60 bits per heavy atom. The van der Waals surface area contributed by atoms with Gasteiger partial charge in [0.15, 0.2) is 0 Å². The lowest BCUT2D eigenvalue weighted by Gasteiger charge is -2.43. The molecular weight excluding hydrogens is 194 g/mol. The predicted octanol–water partition coefficient (Wildman–Crippen LogP) is 0.823. The van der Waals surface area contributed by atoms with Crippen molar-refractivity contribution in [2.45, 2.75) is 32.9 Å². The molecule has 0 aromatic carbocycles. The molecule has 1 fully saturated rings. The second kappa shape index (κ2) is 4.65. The molecule has 2 unspecified atom stereocenters. The highest BCUT2D eigenvalue weighted by molar-refractivity contribution is 5.36. The van der Waals surface area contributed by atoms with Crippen LogP contribution in [0.1, 0.15) is 20.8 Å². The Hall–Kier alpha value is -1.05. The second-order valence-electron chi connectivity index (χ2n) is 4.61. The smallest absolute Gasteiger partial charge is 0.313 e. The first-order valence-electron chi connectivity index (χ1n) is 4.95. The van der Waals surface area contributed by atoms with Crippen molar-refractivity contribution >= 4 is 6.47 Å². The number of ether oxygens (including phenoxy) is 1. The molecule has 1 rings (SSSR count). The number of nitrogens with zero attached hydrogens (tertiary/aromatic N) is 1. The van der Waals surface area contributed by atoms with Crippen molar-refractivity contribution in [3.63, 3.8) is 0 Å². The van der Waals surface area contributed by atoms with Crippen LogP contribution in [0.4, 0.5) is 0 Å². The number of hydroxylamine groups is 2. The zero-order chi connectivity index (χ0) is 11.5. The summed E-state index contributed by atoms with van der Waals surface area (Å²) in [7, 11) is 0. The van der Waals surface area contributed by atoms with Crippen LogP contribution in [0.2, 0.25) is 0 Å². The van der Waals surface area contributed by atoms with Crippen LogP contribution < -0.4 is 0 Å². The van der Waals surface area contributed by atoms with E-state index in [1.807, 2.05) is 20.8 Å².